The first-order chi connectivity index (χ1) is 3.00. The zero-order valence-electron chi connectivity index (χ0n) is 2.99. The molecule has 1 rings (SSSR count). The van der Waals surface area contributed by atoms with Crippen LogP contribution in [-0.2, 0) is 4.74 Å². The molecule has 1 heterocycles. The minimum Gasteiger partial charge on any atom is -0.424 e. The summed E-state index contributed by atoms with van der Waals surface area (Å²) in [6, 6.07) is 0. The van der Waals surface area contributed by atoms with E-state index >= 15 is 0 Å². The summed E-state index contributed by atoms with van der Waals surface area (Å²) in [4.78, 5) is 0. The molecule has 0 aromatic carbocycles. The van der Waals surface area contributed by atoms with Gasteiger partial charge < -0.3 is 4.74 Å². The lowest BCUT2D eigenvalue weighted by atomic mass is 10.6. The van der Waals surface area contributed by atoms with Crippen molar-refractivity contribution >= 4 is 0 Å². The third-order valence-corrected chi connectivity index (χ3v) is 0.362. The first kappa shape index (κ1) is 3.12. The third kappa shape index (κ3) is 0.445. The molecule has 0 atom stereocenters. The summed E-state index contributed by atoms with van der Waals surface area (Å²) in [6.07, 6.45) is 2.31. The molecular formula is C5HO. The highest BCUT2D eigenvalue weighted by Crippen LogP contribution is 1.77. The van der Waals surface area contributed by atoms with E-state index in [1.807, 2.05) is 0 Å². The number of rotatable bonds is 0. The number of hydrogen-bond acceptors (Lipinski definition) is 1. The van der Waals surface area contributed by atoms with Crippen molar-refractivity contribution < 1.29 is 4.74 Å². The Bertz CT molecular complexity index is 128. The standard InChI is InChI=1S/C5HO/c1-2-4-6-5-3-1/h4H. The highest BCUT2D eigenvalue weighted by molar-refractivity contribution is 5.29. The van der Waals surface area contributed by atoms with Crippen LogP contribution in [0.4, 0.5) is 0 Å². The van der Waals surface area contributed by atoms with Crippen LogP contribution in [0.25, 0.3) is 0 Å². The van der Waals surface area contributed by atoms with Gasteiger partial charge in [-0.05, 0) is 11.8 Å². The largest absolute Gasteiger partial charge is 0.424 e. The maximum Gasteiger partial charge on any atom is 0.220 e. The fraction of sp³-hybridized carbons (Fsp3) is 0. The van der Waals surface area contributed by atoms with Gasteiger partial charge in [-0.1, -0.05) is 0 Å². The van der Waals surface area contributed by atoms with E-state index in [0.717, 1.165) is 0 Å². The summed E-state index contributed by atoms with van der Waals surface area (Å²) < 4.78 is 4.41. The van der Waals surface area contributed by atoms with Gasteiger partial charge in [0.15, 0.2) is 0 Å². The Kier molecular flexibility index (Phi) is 0.719. The minimum absolute atomic E-state index is 1.36. The highest BCUT2D eigenvalue weighted by Gasteiger charge is 1.74. The Balaban J connectivity index is 2.67. The van der Waals surface area contributed by atoms with Gasteiger partial charge >= 0.3 is 0 Å². The van der Waals surface area contributed by atoms with Crippen LogP contribution in [0.2, 0.25) is 0 Å². The molecular weight excluding hydrogens is 76.1 g/mol. The summed E-state index contributed by atoms with van der Waals surface area (Å²) in [5.41, 5.74) is 0. The summed E-state index contributed by atoms with van der Waals surface area (Å²) in [5, 5.41) is 0. The van der Waals surface area contributed by atoms with Gasteiger partial charge in [0.25, 0.3) is 0 Å². The van der Waals surface area contributed by atoms with Crippen LogP contribution in [-0.4, -0.2) is 0 Å². The Labute approximate surface area is 36.3 Å². The van der Waals surface area contributed by atoms with Crippen LogP contribution in [0.1, 0.15) is 0 Å². The van der Waals surface area contributed by atoms with E-state index in [2.05, 4.69) is 28.6 Å². The number of hydrogen-bond donors (Lipinski definition) is 0. The fourth-order valence-corrected chi connectivity index (χ4v) is 0.179. The molecule has 0 spiro atoms. The molecule has 0 aromatic heterocycles. The second-order valence-electron chi connectivity index (χ2n) is 0.732. The van der Waals surface area contributed by atoms with Crippen LogP contribution >= 0.6 is 0 Å². The van der Waals surface area contributed by atoms with Crippen LogP contribution in [0, 0.1) is 30.5 Å². The zero-order valence-corrected chi connectivity index (χ0v) is 2.99. The molecule has 0 saturated carbocycles. The Morgan fingerprint density at radius 1 is 1.33 bits per heavy atom. The quantitative estimate of drug-likeness (QED) is 0.374. The highest BCUT2D eigenvalue weighted by atomic mass is 16.5. The summed E-state index contributed by atoms with van der Waals surface area (Å²) >= 11 is 0. The van der Waals surface area contributed by atoms with Gasteiger partial charge in [0, 0.05) is 5.92 Å². The summed E-state index contributed by atoms with van der Waals surface area (Å²) in [7, 11) is 0. The van der Waals surface area contributed by atoms with Gasteiger partial charge in [0.05, 0.1) is 0 Å². The Morgan fingerprint density at radius 2 is 2.33 bits per heavy atom. The third-order valence-electron chi connectivity index (χ3n) is 0.362. The average molecular weight is 77.1 g/mol. The minimum atomic E-state index is 1.36. The molecule has 0 N–H and O–H groups in total. The van der Waals surface area contributed by atoms with Crippen LogP contribution in [0.5, 0.6) is 0 Å². The van der Waals surface area contributed by atoms with Gasteiger partial charge in [0.1, 0.15) is 6.11 Å². The smallest absolute Gasteiger partial charge is 0.220 e. The first-order valence-corrected chi connectivity index (χ1v) is 1.48. The van der Waals surface area contributed by atoms with Crippen molar-refractivity contribution in [3.05, 3.63) is 6.61 Å². The lowest BCUT2D eigenvalue weighted by Crippen LogP contribution is -1.75. The topological polar surface area (TPSA) is 9.23 Å². The lowest BCUT2D eigenvalue weighted by Gasteiger charge is -1.82. The van der Waals surface area contributed by atoms with Crippen molar-refractivity contribution in [2.24, 2.45) is 0 Å². The van der Waals surface area contributed by atoms with E-state index < -0.39 is 0 Å². The molecule has 1 aliphatic rings. The van der Waals surface area contributed by atoms with E-state index in [0.29, 0.717) is 0 Å². The SMILES string of the molecule is C1#C[CH]OC#C1. The molecule has 27 valence electrons. The number of ether oxygens (including phenoxy) is 1. The average Bonchev–Trinajstić information content (AvgIpc) is 1.72. The van der Waals surface area contributed by atoms with Crippen molar-refractivity contribution in [2.45, 2.75) is 0 Å². The Morgan fingerprint density at radius 3 is 2.50 bits per heavy atom. The van der Waals surface area contributed by atoms with Crippen LogP contribution in [0.15, 0.2) is 0 Å². The summed E-state index contributed by atoms with van der Waals surface area (Å²) in [5.74, 6) is 7.43. The predicted molar refractivity (Wildman–Crippen MR) is 20.9 cm³/mol. The molecule has 1 aliphatic heterocycles. The van der Waals surface area contributed by atoms with E-state index in [9.17, 15) is 0 Å². The van der Waals surface area contributed by atoms with Gasteiger partial charge in [-0.15, -0.1) is 0 Å². The van der Waals surface area contributed by atoms with Crippen molar-refractivity contribution in [3.8, 4) is 23.9 Å². The molecule has 0 unspecified atom stereocenters. The van der Waals surface area contributed by atoms with Crippen molar-refractivity contribution in [3.63, 3.8) is 0 Å². The first-order valence-electron chi connectivity index (χ1n) is 1.48. The second kappa shape index (κ2) is 1.38. The molecule has 0 bridgehead atoms. The molecule has 0 aromatic rings. The van der Waals surface area contributed by atoms with Gasteiger partial charge in [0.2, 0.25) is 6.61 Å². The molecule has 6 heavy (non-hydrogen) atoms. The van der Waals surface area contributed by atoms with Crippen molar-refractivity contribution in [2.75, 3.05) is 0 Å². The molecule has 1 nitrogen and oxygen atoms in total. The zero-order chi connectivity index (χ0) is 4.24. The van der Waals surface area contributed by atoms with Gasteiger partial charge in [-0.25, -0.2) is 0 Å². The maximum absolute atomic E-state index is 4.41. The fourth-order valence-electron chi connectivity index (χ4n) is 0.179. The van der Waals surface area contributed by atoms with Crippen LogP contribution in [0.3, 0.4) is 0 Å². The predicted octanol–water partition coefficient (Wildman–Crippen LogP) is 0.143. The lowest BCUT2D eigenvalue weighted by molar-refractivity contribution is 0.396. The molecule has 0 fully saturated rings. The van der Waals surface area contributed by atoms with E-state index in [-0.39, 0.29) is 0 Å². The van der Waals surface area contributed by atoms with Gasteiger partial charge in [-0.2, -0.15) is 0 Å². The van der Waals surface area contributed by atoms with E-state index in [1.54, 1.807) is 0 Å². The second-order valence-corrected chi connectivity index (χ2v) is 0.732. The maximum atomic E-state index is 4.41. The molecule has 1 heteroatoms. The molecule has 0 saturated heterocycles. The Hall–Kier alpha value is -1.08. The van der Waals surface area contributed by atoms with E-state index in [4.69, 9.17) is 0 Å². The van der Waals surface area contributed by atoms with E-state index in [1.165, 1.54) is 6.61 Å². The monoisotopic (exact) mass is 77.0 g/mol. The van der Waals surface area contributed by atoms with Gasteiger partial charge in [-0.3, -0.25) is 0 Å². The molecule has 0 amide bonds. The molecule has 0 aliphatic carbocycles. The normalized spacial score (nSPS) is 12.0. The van der Waals surface area contributed by atoms with Crippen molar-refractivity contribution in [1.29, 1.82) is 0 Å². The summed E-state index contributed by atoms with van der Waals surface area (Å²) in [6.45, 7) is 1.36. The van der Waals surface area contributed by atoms with Crippen molar-refractivity contribution in [1.82, 2.24) is 0 Å². The van der Waals surface area contributed by atoms with Crippen LogP contribution < -0.4 is 0 Å². The molecule has 1 radical (unpaired) electrons.